The number of benzene rings is 4. The van der Waals surface area contributed by atoms with Crippen molar-refractivity contribution in [1.82, 2.24) is 0 Å². The van der Waals surface area contributed by atoms with Crippen LogP contribution >= 0.6 is 0 Å². The van der Waals surface area contributed by atoms with Gasteiger partial charge in [0.15, 0.2) is 18.4 Å². The molecule has 0 unspecified atom stereocenters. The van der Waals surface area contributed by atoms with Crippen LogP contribution < -0.4 is 17.0 Å². The van der Waals surface area contributed by atoms with Crippen molar-refractivity contribution in [3.05, 3.63) is 150 Å². The first-order valence-corrected chi connectivity index (χ1v) is 11.1. The molecule has 0 radical (unpaired) electrons. The summed E-state index contributed by atoms with van der Waals surface area (Å²) in [6.07, 6.45) is 3.19. The van der Waals surface area contributed by atoms with Gasteiger partial charge in [0.25, 0.3) is 0 Å². The van der Waals surface area contributed by atoms with Gasteiger partial charge in [0, 0.05) is 16.7 Å². The zero-order valence-corrected chi connectivity index (χ0v) is 19.2. The third-order valence-electron chi connectivity index (χ3n) is 5.85. The summed E-state index contributed by atoms with van der Waals surface area (Å²) < 4.78 is 2.44. The molecule has 1 nitrogen and oxygen atoms in total. The Morgan fingerprint density at radius 1 is 0.485 bits per heavy atom. The minimum atomic E-state index is 0. The molecule has 0 bridgehead atoms. The molecule has 0 spiro atoms. The van der Waals surface area contributed by atoms with Gasteiger partial charge in [-0.3, -0.25) is 0 Å². The van der Waals surface area contributed by atoms with Crippen LogP contribution in [0.5, 0.6) is 0 Å². The van der Waals surface area contributed by atoms with Gasteiger partial charge in [0.05, 0.1) is 6.42 Å². The zero-order chi connectivity index (χ0) is 21.6. The number of aromatic nitrogens is 1. The Morgan fingerprint density at radius 3 is 1.55 bits per heavy atom. The van der Waals surface area contributed by atoms with Crippen LogP contribution in [0.15, 0.2) is 134 Å². The molecule has 162 valence electrons. The third kappa shape index (κ3) is 5.39. The molecule has 33 heavy (non-hydrogen) atoms. The van der Waals surface area contributed by atoms with Crippen molar-refractivity contribution < 1.29 is 17.0 Å². The van der Waals surface area contributed by atoms with Gasteiger partial charge in [0.1, 0.15) is 0 Å². The molecule has 0 saturated heterocycles. The Bertz CT molecular complexity index is 1280. The number of halogens is 1. The van der Waals surface area contributed by atoms with E-state index in [1.807, 2.05) is 0 Å². The first-order chi connectivity index (χ1) is 15.9. The normalized spacial score (nSPS) is 10.4. The van der Waals surface area contributed by atoms with E-state index in [9.17, 15) is 0 Å². The number of hydrogen-bond acceptors (Lipinski definition) is 0. The molecule has 0 saturated carbocycles. The fraction of sp³-hybridized carbons (Fsp3) is 0.0645. The van der Waals surface area contributed by atoms with Crippen LogP contribution in [-0.2, 0) is 13.0 Å². The highest BCUT2D eigenvalue weighted by molar-refractivity contribution is 5.73. The molecule has 5 rings (SSSR count). The van der Waals surface area contributed by atoms with Crippen LogP contribution in [0.25, 0.3) is 22.3 Å². The lowest BCUT2D eigenvalue weighted by Gasteiger charge is -2.13. The second-order valence-corrected chi connectivity index (χ2v) is 8.10. The van der Waals surface area contributed by atoms with Crippen molar-refractivity contribution in [3.8, 4) is 22.3 Å². The average Bonchev–Trinajstić information content (AvgIpc) is 2.87. The lowest BCUT2D eigenvalue weighted by Crippen LogP contribution is -3.00. The van der Waals surface area contributed by atoms with Gasteiger partial charge in [-0.25, -0.2) is 0 Å². The molecule has 0 amide bonds. The van der Waals surface area contributed by atoms with Crippen molar-refractivity contribution in [2.24, 2.45) is 0 Å². The van der Waals surface area contributed by atoms with Gasteiger partial charge in [-0.05, 0) is 22.8 Å². The summed E-state index contributed by atoms with van der Waals surface area (Å²) in [5.74, 6) is 0. The Kier molecular flexibility index (Phi) is 7.34. The molecule has 0 aliphatic heterocycles. The average molecular weight is 448 g/mol. The van der Waals surface area contributed by atoms with E-state index in [2.05, 4.69) is 138 Å². The van der Waals surface area contributed by atoms with Crippen LogP contribution in [0.2, 0.25) is 0 Å². The summed E-state index contributed by atoms with van der Waals surface area (Å²) in [7, 11) is 0. The van der Waals surface area contributed by atoms with E-state index in [0.29, 0.717) is 0 Å². The number of rotatable bonds is 6. The molecule has 0 fully saturated rings. The van der Waals surface area contributed by atoms with E-state index in [1.165, 1.54) is 39.1 Å². The van der Waals surface area contributed by atoms with Crippen molar-refractivity contribution in [2.45, 2.75) is 13.0 Å². The maximum atomic E-state index is 2.44. The second kappa shape index (κ2) is 10.8. The predicted molar refractivity (Wildman–Crippen MR) is 132 cm³/mol. The Labute approximate surface area is 202 Å². The Morgan fingerprint density at radius 2 is 0.970 bits per heavy atom. The first kappa shape index (κ1) is 22.5. The fourth-order valence-electron chi connectivity index (χ4n) is 4.24. The molecule has 0 N–H and O–H groups in total. The molecular formula is C31H26ClN. The first-order valence-electron chi connectivity index (χ1n) is 11.1. The smallest absolute Gasteiger partial charge is 0.193 e. The van der Waals surface area contributed by atoms with E-state index < -0.39 is 0 Å². The third-order valence-corrected chi connectivity index (χ3v) is 5.85. The van der Waals surface area contributed by atoms with Crippen LogP contribution in [0.4, 0.5) is 0 Å². The maximum Gasteiger partial charge on any atom is 0.193 e. The molecule has 2 heteroatoms. The molecule has 5 aromatic rings. The summed E-state index contributed by atoms with van der Waals surface area (Å²) in [6, 6.07) is 45.3. The van der Waals surface area contributed by atoms with Crippen molar-refractivity contribution in [1.29, 1.82) is 0 Å². The largest absolute Gasteiger partial charge is 1.00 e. The summed E-state index contributed by atoms with van der Waals surface area (Å²) in [6.45, 7) is 0.837. The predicted octanol–water partition coefficient (Wildman–Crippen LogP) is 3.95. The lowest BCUT2D eigenvalue weighted by atomic mass is 9.95. The van der Waals surface area contributed by atoms with E-state index in [0.717, 1.165) is 13.0 Å². The molecule has 0 aliphatic carbocycles. The number of nitrogens with zero attached hydrogens (tertiary/aromatic N) is 1. The standard InChI is InChI=1S/C31H26N.ClH/c1-5-13-25(14-6-1)21-31-30(28-19-11-4-12-20-28)22-29(27-17-9-3-10-18-27)24-32(31)23-26-15-7-2-8-16-26;/h1-20,22,24H,21,23H2;1H/q+1;/p-1. The lowest BCUT2D eigenvalue weighted by molar-refractivity contribution is -0.694. The van der Waals surface area contributed by atoms with Gasteiger partial charge in [0.2, 0.25) is 0 Å². The Balaban J connectivity index is 0.00000259. The Hall–Kier alpha value is -3.68. The summed E-state index contributed by atoms with van der Waals surface area (Å²) in [5, 5.41) is 0. The van der Waals surface area contributed by atoms with Crippen LogP contribution in [0.1, 0.15) is 16.8 Å². The van der Waals surface area contributed by atoms with Crippen molar-refractivity contribution >= 4 is 0 Å². The second-order valence-electron chi connectivity index (χ2n) is 8.10. The van der Waals surface area contributed by atoms with Crippen LogP contribution in [0, 0.1) is 0 Å². The number of pyridine rings is 1. The van der Waals surface area contributed by atoms with Crippen molar-refractivity contribution in [3.63, 3.8) is 0 Å². The number of hydrogen-bond donors (Lipinski definition) is 0. The molecule has 4 aromatic carbocycles. The summed E-state index contributed by atoms with van der Waals surface area (Å²) in [5.41, 5.74) is 8.95. The van der Waals surface area contributed by atoms with Gasteiger partial charge in [-0.15, -0.1) is 0 Å². The minimum absolute atomic E-state index is 0. The minimum Gasteiger partial charge on any atom is -1.00 e. The molecule has 0 aliphatic rings. The molecule has 1 aromatic heterocycles. The van der Waals surface area contributed by atoms with E-state index >= 15 is 0 Å². The van der Waals surface area contributed by atoms with E-state index in [-0.39, 0.29) is 12.4 Å². The quantitative estimate of drug-likeness (QED) is 0.347. The highest BCUT2D eigenvalue weighted by atomic mass is 35.5. The van der Waals surface area contributed by atoms with Crippen molar-refractivity contribution in [2.75, 3.05) is 0 Å². The molecular weight excluding hydrogens is 422 g/mol. The SMILES string of the molecule is [Cl-].c1ccc(Cc2c(-c3ccccc3)cc(-c3ccccc3)c[n+]2Cc2ccccc2)cc1. The summed E-state index contributed by atoms with van der Waals surface area (Å²) >= 11 is 0. The van der Waals surface area contributed by atoms with E-state index in [4.69, 9.17) is 0 Å². The fourth-order valence-corrected chi connectivity index (χ4v) is 4.24. The molecule has 0 atom stereocenters. The highest BCUT2D eigenvalue weighted by Crippen LogP contribution is 2.29. The van der Waals surface area contributed by atoms with Gasteiger partial charge in [-0.2, -0.15) is 4.57 Å². The highest BCUT2D eigenvalue weighted by Gasteiger charge is 2.21. The van der Waals surface area contributed by atoms with Gasteiger partial charge in [-0.1, -0.05) is 121 Å². The monoisotopic (exact) mass is 447 g/mol. The maximum absolute atomic E-state index is 2.44. The van der Waals surface area contributed by atoms with Crippen LogP contribution in [0.3, 0.4) is 0 Å². The topological polar surface area (TPSA) is 3.88 Å². The van der Waals surface area contributed by atoms with E-state index in [1.54, 1.807) is 0 Å². The van der Waals surface area contributed by atoms with Gasteiger partial charge < -0.3 is 12.4 Å². The van der Waals surface area contributed by atoms with Gasteiger partial charge >= 0.3 is 0 Å². The zero-order valence-electron chi connectivity index (χ0n) is 18.4. The molecule has 1 heterocycles. The van der Waals surface area contributed by atoms with Crippen LogP contribution in [-0.4, -0.2) is 0 Å². The summed E-state index contributed by atoms with van der Waals surface area (Å²) in [4.78, 5) is 0.